The molecule has 38 heavy (non-hydrogen) atoms. The van der Waals surface area contributed by atoms with Crippen molar-refractivity contribution in [1.82, 2.24) is 29.7 Å². The third-order valence-corrected chi connectivity index (χ3v) is 8.30. The highest BCUT2D eigenvalue weighted by Crippen LogP contribution is 2.44. The van der Waals surface area contributed by atoms with Gasteiger partial charge >= 0.3 is 5.97 Å². The predicted octanol–water partition coefficient (Wildman–Crippen LogP) is 4.95. The van der Waals surface area contributed by atoms with Crippen LogP contribution in [0.4, 0.5) is 0 Å². The van der Waals surface area contributed by atoms with Gasteiger partial charge < -0.3 is 4.74 Å². The summed E-state index contributed by atoms with van der Waals surface area (Å²) in [6, 6.07) is 13.2. The molecule has 2 aromatic heterocycles. The van der Waals surface area contributed by atoms with E-state index in [1.807, 2.05) is 33.2 Å². The highest BCUT2D eigenvalue weighted by Gasteiger charge is 2.41. The summed E-state index contributed by atoms with van der Waals surface area (Å²) in [7, 11) is 3.36. The second-order valence-corrected chi connectivity index (χ2v) is 11.2. The highest BCUT2D eigenvalue weighted by molar-refractivity contribution is 5.82. The minimum atomic E-state index is -0.793. The average molecular weight is 515 g/mol. The minimum absolute atomic E-state index is 0.209. The van der Waals surface area contributed by atoms with Crippen LogP contribution >= 0.6 is 0 Å². The molecule has 0 saturated carbocycles. The Balaban J connectivity index is 1.53. The van der Waals surface area contributed by atoms with Crippen molar-refractivity contribution < 1.29 is 9.53 Å². The van der Waals surface area contributed by atoms with Crippen molar-refractivity contribution in [3.8, 4) is 0 Å². The monoisotopic (exact) mass is 514 g/mol. The lowest BCUT2D eigenvalue weighted by molar-refractivity contribution is -0.151. The summed E-state index contributed by atoms with van der Waals surface area (Å²) in [6.07, 6.45) is 6.22. The number of hydrogen-bond acceptors (Lipinski definition) is 6. The van der Waals surface area contributed by atoms with E-state index in [1.54, 1.807) is 4.68 Å². The Morgan fingerprint density at radius 1 is 1.21 bits per heavy atom. The predicted molar refractivity (Wildman–Crippen MR) is 148 cm³/mol. The number of fused-ring (bicyclic) bond motifs is 1. The summed E-state index contributed by atoms with van der Waals surface area (Å²) < 4.78 is 9.18. The number of likely N-dealkylation sites (tertiary alicyclic amines) is 1. The molecule has 1 aliphatic heterocycles. The van der Waals surface area contributed by atoms with Gasteiger partial charge in [0.1, 0.15) is 5.52 Å². The highest BCUT2D eigenvalue weighted by atomic mass is 16.5. The first-order valence-electron chi connectivity index (χ1n) is 13.4. The molecule has 0 unspecified atom stereocenters. The van der Waals surface area contributed by atoms with Crippen molar-refractivity contribution in [3.63, 3.8) is 0 Å². The Morgan fingerprint density at radius 3 is 2.76 bits per heavy atom. The van der Waals surface area contributed by atoms with Crippen LogP contribution in [-0.2, 0) is 23.1 Å². The van der Waals surface area contributed by atoms with E-state index in [2.05, 4.69) is 75.4 Å². The van der Waals surface area contributed by atoms with Crippen LogP contribution in [0.15, 0.2) is 48.8 Å². The molecule has 1 aliphatic rings. The molecule has 2 aromatic carbocycles. The van der Waals surface area contributed by atoms with Crippen molar-refractivity contribution in [2.45, 2.75) is 59.0 Å². The summed E-state index contributed by atoms with van der Waals surface area (Å²) in [6.45, 7) is 11.1. The molecule has 1 saturated heterocycles. The maximum atomic E-state index is 13.1. The Hall–Kier alpha value is -3.52. The normalized spacial score (nSPS) is 17.6. The first kappa shape index (κ1) is 26.1. The second-order valence-electron chi connectivity index (χ2n) is 11.2. The molecule has 0 radical (unpaired) electrons. The van der Waals surface area contributed by atoms with Crippen LogP contribution in [0.5, 0.6) is 0 Å². The fraction of sp³-hybridized carbons (Fsp3) is 0.467. The zero-order chi connectivity index (χ0) is 27.0. The Bertz CT molecular complexity index is 1440. The molecule has 0 aliphatic carbocycles. The summed E-state index contributed by atoms with van der Waals surface area (Å²) in [5.41, 5.74) is 6.80. The first-order chi connectivity index (χ1) is 18.2. The van der Waals surface area contributed by atoms with Gasteiger partial charge in [-0.3, -0.25) is 14.4 Å². The van der Waals surface area contributed by atoms with Gasteiger partial charge in [-0.25, -0.2) is 4.68 Å². The molecular formula is C30H38N6O2. The summed E-state index contributed by atoms with van der Waals surface area (Å²) >= 11 is 0. The molecule has 3 heterocycles. The van der Waals surface area contributed by atoms with E-state index in [9.17, 15) is 4.79 Å². The van der Waals surface area contributed by atoms with Gasteiger partial charge in [0.25, 0.3) is 0 Å². The van der Waals surface area contributed by atoms with E-state index >= 15 is 0 Å². The largest absolute Gasteiger partial charge is 0.469 e. The SMILES string of the molecule is COC(=O)C(C)(C)[C@@H](c1ccc(C)c(CN2CCC[C@H](n3cccn3)C2)c1)c1ccc2c(nnn2C)c1C. The van der Waals surface area contributed by atoms with Crippen LogP contribution in [0.3, 0.4) is 0 Å². The number of nitrogens with zero attached hydrogens (tertiary/aromatic N) is 6. The smallest absolute Gasteiger partial charge is 0.312 e. The lowest BCUT2D eigenvalue weighted by Gasteiger charge is -2.35. The van der Waals surface area contributed by atoms with Crippen LogP contribution in [0.25, 0.3) is 11.0 Å². The van der Waals surface area contributed by atoms with E-state index in [0.717, 1.165) is 60.2 Å². The van der Waals surface area contributed by atoms with Gasteiger partial charge in [-0.05, 0) is 87.0 Å². The van der Waals surface area contributed by atoms with Gasteiger partial charge in [0.15, 0.2) is 0 Å². The van der Waals surface area contributed by atoms with Gasteiger partial charge in [0.2, 0.25) is 0 Å². The number of piperidine rings is 1. The molecule has 0 spiro atoms. The molecule has 1 fully saturated rings. The topological polar surface area (TPSA) is 78.1 Å². The third-order valence-electron chi connectivity index (χ3n) is 8.30. The molecule has 2 atom stereocenters. The molecule has 0 amide bonds. The van der Waals surface area contributed by atoms with Crippen LogP contribution in [0.2, 0.25) is 0 Å². The fourth-order valence-electron chi connectivity index (χ4n) is 6.10. The standard InChI is InChI=1S/C30H38N6O2/c1-20-10-11-22(17-23(20)18-35-15-7-9-24(19-35)36-16-8-14-31-36)27(30(3,4)29(37)38-6)25-12-13-26-28(21(25)2)32-33-34(26)5/h8,10-14,16-17,24,27H,7,9,15,18-19H2,1-6H3/t24-,27-/m0/s1. The average Bonchev–Trinajstić information content (AvgIpc) is 3.58. The summed E-state index contributed by atoms with van der Waals surface area (Å²) in [5, 5.41) is 13.1. The molecule has 0 bridgehead atoms. The number of rotatable bonds is 7. The maximum absolute atomic E-state index is 13.1. The number of ether oxygens (including phenoxy) is 1. The van der Waals surface area contributed by atoms with E-state index in [-0.39, 0.29) is 11.9 Å². The van der Waals surface area contributed by atoms with E-state index in [4.69, 9.17) is 4.74 Å². The zero-order valence-corrected chi connectivity index (χ0v) is 23.3. The quantitative estimate of drug-likeness (QED) is 0.325. The Kier molecular flexibility index (Phi) is 7.09. The van der Waals surface area contributed by atoms with Crippen molar-refractivity contribution in [3.05, 3.63) is 76.6 Å². The maximum Gasteiger partial charge on any atom is 0.312 e. The van der Waals surface area contributed by atoms with E-state index in [1.165, 1.54) is 18.2 Å². The van der Waals surface area contributed by atoms with Gasteiger partial charge in [0, 0.05) is 38.4 Å². The Labute approximate surface area is 224 Å². The number of carbonyl (C=O) groups is 1. The minimum Gasteiger partial charge on any atom is -0.469 e. The van der Waals surface area contributed by atoms with E-state index in [0.29, 0.717) is 6.04 Å². The first-order valence-corrected chi connectivity index (χ1v) is 13.4. The summed E-state index contributed by atoms with van der Waals surface area (Å²) in [5.74, 6) is -0.444. The number of esters is 1. The summed E-state index contributed by atoms with van der Waals surface area (Å²) in [4.78, 5) is 15.7. The van der Waals surface area contributed by atoms with Gasteiger partial charge in [0.05, 0.1) is 24.1 Å². The lowest BCUT2D eigenvalue weighted by Crippen LogP contribution is -2.36. The van der Waals surface area contributed by atoms with Crippen LogP contribution in [-0.4, -0.2) is 55.8 Å². The molecule has 8 heteroatoms. The van der Waals surface area contributed by atoms with Crippen molar-refractivity contribution in [2.24, 2.45) is 12.5 Å². The Morgan fingerprint density at radius 2 is 2.03 bits per heavy atom. The molecular weight excluding hydrogens is 476 g/mol. The number of aromatic nitrogens is 5. The van der Waals surface area contributed by atoms with Crippen LogP contribution < -0.4 is 0 Å². The fourth-order valence-corrected chi connectivity index (χ4v) is 6.10. The molecule has 200 valence electrons. The molecule has 5 rings (SSSR count). The third kappa shape index (κ3) is 4.73. The lowest BCUT2D eigenvalue weighted by atomic mass is 9.69. The van der Waals surface area contributed by atoms with Gasteiger partial charge in [-0.2, -0.15) is 5.10 Å². The van der Waals surface area contributed by atoms with E-state index < -0.39 is 5.41 Å². The molecule has 0 N–H and O–H groups in total. The van der Waals surface area contributed by atoms with Crippen LogP contribution in [0, 0.1) is 19.3 Å². The molecule has 8 nitrogen and oxygen atoms in total. The van der Waals surface area contributed by atoms with Crippen LogP contribution in [0.1, 0.15) is 66.5 Å². The van der Waals surface area contributed by atoms with Gasteiger partial charge in [-0.15, -0.1) is 5.10 Å². The second kappa shape index (κ2) is 10.3. The van der Waals surface area contributed by atoms with Crippen molar-refractivity contribution >= 4 is 17.0 Å². The van der Waals surface area contributed by atoms with Gasteiger partial charge in [-0.1, -0.05) is 29.5 Å². The number of carbonyl (C=O) groups excluding carboxylic acids is 1. The zero-order valence-electron chi connectivity index (χ0n) is 23.3. The number of methoxy groups -OCH3 is 1. The molecule has 4 aromatic rings. The van der Waals surface area contributed by atoms with Crippen molar-refractivity contribution in [1.29, 1.82) is 0 Å². The number of benzene rings is 2. The number of aryl methyl sites for hydroxylation is 3. The van der Waals surface area contributed by atoms with Crippen molar-refractivity contribution in [2.75, 3.05) is 20.2 Å². The number of hydrogen-bond donors (Lipinski definition) is 0.